The van der Waals surface area contributed by atoms with Crippen LogP contribution in [0.3, 0.4) is 0 Å². The largest absolute Gasteiger partial charge is 0.416 e. The van der Waals surface area contributed by atoms with Gasteiger partial charge in [0.05, 0.1) is 34.0 Å². The van der Waals surface area contributed by atoms with Gasteiger partial charge in [-0.15, -0.1) is 11.8 Å². The number of halogens is 3. The van der Waals surface area contributed by atoms with Crippen LogP contribution in [0.4, 0.5) is 18.9 Å². The number of pyridine rings is 1. The first kappa shape index (κ1) is 21.2. The third-order valence-corrected chi connectivity index (χ3v) is 7.71. The number of nitrogens with zero attached hydrogens (tertiary/aromatic N) is 3. The summed E-state index contributed by atoms with van der Waals surface area (Å²) in [4.78, 5) is 4.68. The summed E-state index contributed by atoms with van der Waals surface area (Å²) in [5.41, 5.74) is 1.47. The van der Waals surface area contributed by atoms with Crippen molar-refractivity contribution in [2.45, 2.75) is 16.0 Å². The monoisotopic (exact) mass is 461 g/mol. The zero-order chi connectivity index (χ0) is 22.2. The SMILES string of the molecule is N#Cc1ccc(-c2cncc3c2SCCN3S(=O)(=O)c2ccc(C(F)(F)F)cc2)cc1. The Morgan fingerprint density at radius 2 is 1.71 bits per heavy atom. The Morgan fingerprint density at radius 1 is 1.03 bits per heavy atom. The zero-order valence-electron chi connectivity index (χ0n) is 15.8. The molecule has 0 N–H and O–H groups in total. The second-order valence-corrected chi connectivity index (χ2v) is 9.64. The summed E-state index contributed by atoms with van der Waals surface area (Å²) in [7, 11) is -4.08. The number of nitriles is 1. The van der Waals surface area contributed by atoms with Crippen LogP contribution in [0.15, 0.2) is 70.7 Å². The maximum Gasteiger partial charge on any atom is 0.416 e. The van der Waals surface area contributed by atoms with E-state index in [1.165, 1.54) is 22.3 Å². The van der Waals surface area contributed by atoms with Crippen molar-refractivity contribution >= 4 is 27.5 Å². The molecular weight excluding hydrogens is 447 g/mol. The van der Waals surface area contributed by atoms with Gasteiger partial charge in [0, 0.05) is 29.0 Å². The van der Waals surface area contributed by atoms with Crippen LogP contribution in [0.2, 0.25) is 0 Å². The number of aromatic nitrogens is 1. The van der Waals surface area contributed by atoms with Crippen LogP contribution in [0.1, 0.15) is 11.1 Å². The van der Waals surface area contributed by atoms with Crippen molar-refractivity contribution in [3.05, 3.63) is 72.1 Å². The Kier molecular flexibility index (Phi) is 5.41. The highest BCUT2D eigenvalue weighted by molar-refractivity contribution is 8.00. The first-order chi connectivity index (χ1) is 14.7. The number of alkyl halides is 3. The fraction of sp³-hybridized carbons (Fsp3) is 0.143. The van der Waals surface area contributed by atoms with Gasteiger partial charge in [-0.1, -0.05) is 12.1 Å². The number of benzene rings is 2. The molecule has 158 valence electrons. The number of anilines is 1. The minimum absolute atomic E-state index is 0.166. The van der Waals surface area contributed by atoms with Crippen LogP contribution in [0.5, 0.6) is 0 Å². The Labute approximate surface area is 181 Å². The molecule has 0 aliphatic carbocycles. The average molecular weight is 461 g/mol. The summed E-state index contributed by atoms with van der Waals surface area (Å²) in [6, 6.07) is 12.4. The maximum absolute atomic E-state index is 13.2. The number of thioether (sulfide) groups is 1. The molecule has 0 radical (unpaired) electrons. The third kappa shape index (κ3) is 3.98. The summed E-state index contributed by atoms with van der Waals surface area (Å²) in [6.07, 6.45) is -1.48. The van der Waals surface area contributed by atoms with E-state index in [0.717, 1.165) is 35.4 Å². The number of fused-ring (bicyclic) bond motifs is 1. The highest BCUT2D eigenvalue weighted by Crippen LogP contribution is 2.43. The minimum Gasteiger partial charge on any atom is -0.263 e. The molecule has 0 bridgehead atoms. The molecular formula is C21H14F3N3O2S2. The molecule has 5 nitrogen and oxygen atoms in total. The van der Waals surface area contributed by atoms with Gasteiger partial charge in [0.15, 0.2) is 0 Å². The summed E-state index contributed by atoms with van der Waals surface area (Å²) in [5.74, 6) is 0.472. The summed E-state index contributed by atoms with van der Waals surface area (Å²) < 4.78 is 66.1. The van der Waals surface area contributed by atoms with Crippen molar-refractivity contribution in [1.82, 2.24) is 4.98 Å². The second-order valence-electron chi connectivity index (χ2n) is 6.67. The van der Waals surface area contributed by atoms with E-state index in [0.29, 0.717) is 21.9 Å². The summed E-state index contributed by atoms with van der Waals surface area (Å²) in [6.45, 7) is 0.166. The van der Waals surface area contributed by atoms with Crippen molar-refractivity contribution < 1.29 is 21.6 Å². The Balaban J connectivity index is 1.75. The van der Waals surface area contributed by atoms with Crippen LogP contribution in [-0.4, -0.2) is 25.7 Å². The predicted molar refractivity (Wildman–Crippen MR) is 111 cm³/mol. The zero-order valence-corrected chi connectivity index (χ0v) is 17.4. The first-order valence-electron chi connectivity index (χ1n) is 9.03. The normalized spacial score (nSPS) is 14.1. The fourth-order valence-electron chi connectivity index (χ4n) is 3.24. The molecule has 31 heavy (non-hydrogen) atoms. The molecule has 1 aromatic heterocycles. The number of rotatable bonds is 3. The molecule has 0 atom stereocenters. The first-order valence-corrected chi connectivity index (χ1v) is 11.5. The van der Waals surface area contributed by atoms with Crippen molar-refractivity contribution in [3.8, 4) is 17.2 Å². The molecule has 1 aliphatic rings. The molecule has 3 aromatic rings. The van der Waals surface area contributed by atoms with Crippen LogP contribution in [0, 0.1) is 11.3 Å². The van der Waals surface area contributed by atoms with Gasteiger partial charge in [-0.25, -0.2) is 8.42 Å². The van der Waals surface area contributed by atoms with E-state index in [-0.39, 0.29) is 11.4 Å². The maximum atomic E-state index is 13.2. The van der Waals surface area contributed by atoms with E-state index in [4.69, 9.17) is 5.26 Å². The third-order valence-electron chi connectivity index (χ3n) is 4.78. The molecule has 0 saturated heterocycles. The van der Waals surface area contributed by atoms with Gasteiger partial charge in [0.2, 0.25) is 0 Å². The van der Waals surface area contributed by atoms with Crippen LogP contribution in [0.25, 0.3) is 11.1 Å². The van der Waals surface area contributed by atoms with Crippen molar-refractivity contribution in [2.75, 3.05) is 16.6 Å². The van der Waals surface area contributed by atoms with Gasteiger partial charge >= 0.3 is 6.18 Å². The van der Waals surface area contributed by atoms with Gasteiger partial charge in [-0.05, 0) is 42.0 Å². The topological polar surface area (TPSA) is 74.1 Å². The molecule has 4 rings (SSSR count). The standard InChI is InChI=1S/C21H14F3N3O2S2/c22-21(23,24)16-5-7-17(8-6-16)31(28,29)27-9-10-30-20-18(12-26-13-19(20)27)15-3-1-14(11-25)2-4-15/h1-8,12-13H,9-10H2. The minimum atomic E-state index is -4.55. The molecule has 0 saturated carbocycles. The summed E-state index contributed by atoms with van der Waals surface area (Å²) >= 11 is 1.48. The van der Waals surface area contributed by atoms with Crippen molar-refractivity contribution in [2.24, 2.45) is 0 Å². The average Bonchev–Trinajstić information content (AvgIpc) is 2.78. The molecule has 2 heterocycles. The van der Waals surface area contributed by atoms with E-state index in [1.54, 1.807) is 30.5 Å². The lowest BCUT2D eigenvalue weighted by Crippen LogP contribution is -2.35. The summed E-state index contributed by atoms with van der Waals surface area (Å²) in [5, 5.41) is 8.98. The number of sulfonamides is 1. The second kappa shape index (κ2) is 7.90. The van der Waals surface area contributed by atoms with E-state index in [1.807, 2.05) is 6.07 Å². The van der Waals surface area contributed by atoms with Crippen LogP contribution >= 0.6 is 11.8 Å². The van der Waals surface area contributed by atoms with Gasteiger partial charge in [0.1, 0.15) is 0 Å². The number of hydrogen-bond acceptors (Lipinski definition) is 5. The fourth-order valence-corrected chi connectivity index (χ4v) is 5.99. The molecule has 10 heteroatoms. The van der Waals surface area contributed by atoms with Crippen molar-refractivity contribution in [3.63, 3.8) is 0 Å². The molecule has 0 spiro atoms. The molecule has 0 fully saturated rings. The van der Waals surface area contributed by atoms with Crippen LogP contribution in [-0.2, 0) is 16.2 Å². The Bertz CT molecular complexity index is 1270. The molecule has 2 aromatic carbocycles. The smallest absolute Gasteiger partial charge is 0.263 e. The number of hydrogen-bond donors (Lipinski definition) is 0. The van der Waals surface area contributed by atoms with Crippen molar-refractivity contribution in [1.29, 1.82) is 5.26 Å². The predicted octanol–water partition coefficient (Wildman–Crippen LogP) is 4.94. The van der Waals surface area contributed by atoms with Gasteiger partial charge in [0.25, 0.3) is 10.0 Å². The molecule has 0 amide bonds. The van der Waals surface area contributed by atoms with Gasteiger partial charge in [-0.3, -0.25) is 9.29 Å². The molecule has 0 unspecified atom stereocenters. The van der Waals surface area contributed by atoms with E-state index in [9.17, 15) is 21.6 Å². The Hall–Kier alpha value is -3.03. The van der Waals surface area contributed by atoms with Gasteiger partial charge < -0.3 is 0 Å². The lowest BCUT2D eigenvalue weighted by atomic mass is 10.1. The van der Waals surface area contributed by atoms with E-state index in [2.05, 4.69) is 4.98 Å². The van der Waals surface area contributed by atoms with E-state index < -0.39 is 21.8 Å². The molecule has 1 aliphatic heterocycles. The van der Waals surface area contributed by atoms with Crippen LogP contribution < -0.4 is 4.31 Å². The lowest BCUT2D eigenvalue weighted by Gasteiger charge is -2.31. The quantitative estimate of drug-likeness (QED) is 0.552. The highest BCUT2D eigenvalue weighted by atomic mass is 32.2. The van der Waals surface area contributed by atoms with E-state index >= 15 is 0 Å². The highest BCUT2D eigenvalue weighted by Gasteiger charge is 2.33. The van der Waals surface area contributed by atoms with Gasteiger partial charge in [-0.2, -0.15) is 18.4 Å². The Morgan fingerprint density at radius 3 is 2.32 bits per heavy atom. The lowest BCUT2D eigenvalue weighted by molar-refractivity contribution is -0.137.